The molecule has 0 bridgehead atoms. The molecule has 3 fully saturated rings. The van der Waals surface area contributed by atoms with E-state index in [1.807, 2.05) is 4.90 Å². The molecule has 0 saturated carbocycles. The van der Waals surface area contributed by atoms with Crippen LogP contribution in [0.1, 0.15) is 19.3 Å². The standard InChI is InChI=1S/C18H25N3O3S/c22-18(20-12-14-10-19-11-15(14)13-20)17-8-4-5-9-21(17)25(23,24)16-6-2-1-3-7-16/h1-3,6-7,14-15,17,19H,4-5,8-13H2/t14-,15+,17?. The van der Waals surface area contributed by atoms with Gasteiger partial charge in [0.1, 0.15) is 6.04 Å². The van der Waals surface area contributed by atoms with Crippen molar-refractivity contribution in [2.24, 2.45) is 11.8 Å². The quantitative estimate of drug-likeness (QED) is 0.867. The number of carbonyl (C=O) groups excluding carboxylic acids is 1. The van der Waals surface area contributed by atoms with Crippen LogP contribution in [0.15, 0.2) is 35.2 Å². The van der Waals surface area contributed by atoms with Crippen LogP contribution in [0.2, 0.25) is 0 Å². The Morgan fingerprint density at radius 1 is 1.04 bits per heavy atom. The number of carbonyl (C=O) groups is 1. The summed E-state index contributed by atoms with van der Waals surface area (Å²) >= 11 is 0. The van der Waals surface area contributed by atoms with Gasteiger partial charge in [0, 0.05) is 32.7 Å². The molecule has 0 spiro atoms. The normalized spacial score (nSPS) is 30.4. The van der Waals surface area contributed by atoms with Crippen LogP contribution in [0.5, 0.6) is 0 Å². The fraction of sp³-hybridized carbons (Fsp3) is 0.611. The zero-order valence-corrected chi connectivity index (χ0v) is 15.1. The van der Waals surface area contributed by atoms with E-state index < -0.39 is 16.1 Å². The van der Waals surface area contributed by atoms with Gasteiger partial charge >= 0.3 is 0 Å². The number of likely N-dealkylation sites (tertiary alicyclic amines) is 1. The van der Waals surface area contributed by atoms with Crippen LogP contribution < -0.4 is 5.32 Å². The molecule has 0 aliphatic carbocycles. The first-order chi connectivity index (χ1) is 12.1. The summed E-state index contributed by atoms with van der Waals surface area (Å²) < 4.78 is 27.6. The summed E-state index contributed by atoms with van der Waals surface area (Å²) in [5, 5.41) is 3.37. The van der Waals surface area contributed by atoms with E-state index in [9.17, 15) is 13.2 Å². The predicted molar refractivity (Wildman–Crippen MR) is 94.4 cm³/mol. The Hall–Kier alpha value is -1.44. The van der Waals surface area contributed by atoms with E-state index in [4.69, 9.17) is 0 Å². The maximum atomic E-state index is 13.1. The van der Waals surface area contributed by atoms with Gasteiger partial charge in [-0.2, -0.15) is 4.31 Å². The Kier molecular flexibility index (Phi) is 4.56. The van der Waals surface area contributed by atoms with E-state index in [0.29, 0.717) is 24.8 Å². The highest BCUT2D eigenvalue weighted by molar-refractivity contribution is 7.89. The van der Waals surface area contributed by atoms with E-state index >= 15 is 0 Å². The van der Waals surface area contributed by atoms with Crippen LogP contribution in [0.25, 0.3) is 0 Å². The van der Waals surface area contributed by atoms with Crippen LogP contribution in [-0.2, 0) is 14.8 Å². The highest BCUT2D eigenvalue weighted by atomic mass is 32.2. The summed E-state index contributed by atoms with van der Waals surface area (Å²) in [5.74, 6) is 1.03. The summed E-state index contributed by atoms with van der Waals surface area (Å²) in [6, 6.07) is 7.92. The molecule has 6 nitrogen and oxygen atoms in total. The van der Waals surface area contributed by atoms with Gasteiger partial charge in [0.25, 0.3) is 0 Å². The molecule has 25 heavy (non-hydrogen) atoms. The Balaban J connectivity index is 1.56. The molecular formula is C18H25N3O3S. The molecule has 0 aromatic heterocycles. The number of nitrogens with one attached hydrogen (secondary N) is 1. The first-order valence-corrected chi connectivity index (χ1v) is 10.6. The van der Waals surface area contributed by atoms with Gasteiger partial charge in [-0.3, -0.25) is 4.79 Å². The van der Waals surface area contributed by atoms with Gasteiger partial charge in [-0.15, -0.1) is 0 Å². The zero-order chi connectivity index (χ0) is 17.4. The van der Waals surface area contributed by atoms with Crippen LogP contribution in [0, 0.1) is 11.8 Å². The van der Waals surface area contributed by atoms with Gasteiger partial charge in [0.2, 0.25) is 15.9 Å². The lowest BCUT2D eigenvalue weighted by Crippen LogP contribution is -2.52. The Bertz CT molecular complexity index is 725. The second-order valence-electron chi connectivity index (χ2n) is 7.36. The first kappa shape index (κ1) is 17.0. The number of hydrogen-bond donors (Lipinski definition) is 1. The van der Waals surface area contributed by atoms with Crippen molar-refractivity contribution in [3.8, 4) is 0 Å². The van der Waals surface area contributed by atoms with Crippen molar-refractivity contribution in [2.45, 2.75) is 30.2 Å². The van der Waals surface area contributed by atoms with Crippen molar-refractivity contribution in [3.63, 3.8) is 0 Å². The lowest BCUT2D eigenvalue weighted by atomic mass is 10.0. The molecule has 4 rings (SSSR count). The van der Waals surface area contributed by atoms with Gasteiger partial charge in [0.15, 0.2) is 0 Å². The number of benzene rings is 1. The van der Waals surface area contributed by atoms with Crippen molar-refractivity contribution >= 4 is 15.9 Å². The molecule has 1 unspecified atom stereocenters. The SMILES string of the molecule is O=C(C1CCCCN1S(=O)(=O)c1ccccc1)N1C[C@H]2CNC[C@H]2C1. The number of amides is 1. The molecule has 1 aromatic rings. The second kappa shape index (κ2) is 6.70. The fourth-order valence-electron chi connectivity index (χ4n) is 4.41. The van der Waals surface area contributed by atoms with E-state index in [-0.39, 0.29) is 10.8 Å². The van der Waals surface area contributed by atoms with E-state index in [2.05, 4.69) is 5.32 Å². The monoisotopic (exact) mass is 363 g/mol. The van der Waals surface area contributed by atoms with Crippen molar-refractivity contribution < 1.29 is 13.2 Å². The summed E-state index contributed by atoms with van der Waals surface area (Å²) in [4.78, 5) is 15.3. The molecule has 3 heterocycles. The third kappa shape index (κ3) is 3.09. The summed E-state index contributed by atoms with van der Waals surface area (Å²) in [6.45, 7) is 3.87. The van der Waals surface area contributed by atoms with Crippen LogP contribution in [0.3, 0.4) is 0 Å². The van der Waals surface area contributed by atoms with Gasteiger partial charge in [-0.25, -0.2) is 8.42 Å². The third-order valence-electron chi connectivity index (χ3n) is 5.79. The lowest BCUT2D eigenvalue weighted by Gasteiger charge is -2.36. The minimum atomic E-state index is -3.63. The summed E-state index contributed by atoms with van der Waals surface area (Å²) in [6.07, 6.45) is 2.33. The molecule has 1 amide bonds. The highest BCUT2D eigenvalue weighted by Crippen LogP contribution is 2.31. The molecule has 3 aliphatic heterocycles. The summed E-state index contributed by atoms with van der Waals surface area (Å²) in [5.41, 5.74) is 0. The van der Waals surface area contributed by atoms with Gasteiger partial charge in [-0.1, -0.05) is 24.6 Å². The molecule has 7 heteroatoms. The Morgan fingerprint density at radius 2 is 1.72 bits per heavy atom. The van der Waals surface area contributed by atoms with E-state index in [1.165, 1.54) is 4.31 Å². The van der Waals surface area contributed by atoms with Gasteiger partial charge in [-0.05, 0) is 36.8 Å². The topological polar surface area (TPSA) is 69.7 Å². The fourth-order valence-corrected chi connectivity index (χ4v) is 6.09. The molecule has 3 saturated heterocycles. The average molecular weight is 363 g/mol. The largest absolute Gasteiger partial charge is 0.341 e. The molecule has 1 N–H and O–H groups in total. The molecule has 3 atom stereocenters. The second-order valence-corrected chi connectivity index (χ2v) is 9.25. The molecule has 0 radical (unpaired) electrons. The van der Waals surface area contributed by atoms with Crippen molar-refractivity contribution in [2.75, 3.05) is 32.7 Å². The van der Waals surface area contributed by atoms with Crippen LogP contribution >= 0.6 is 0 Å². The smallest absolute Gasteiger partial charge is 0.243 e. The van der Waals surface area contributed by atoms with Crippen molar-refractivity contribution in [1.29, 1.82) is 0 Å². The maximum Gasteiger partial charge on any atom is 0.243 e. The Labute approximate surface area is 149 Å². The molecular weight excluding hydrogens is 338 g/mol. The number of fused-ring (bicyclic) bond motifs is 1. The average Bonchev–Trinajstić information content (AvgIpc) is 3.24. The minimum Gasteiger partial charge on any atom is -0.341 e. The molecule has 3 aliphatic rings. The maximum absolute atomic E-state index is 13.1. The number of piperidine rings is 1. The molecule has 136 valence electrons. The lowest BCUT2D eigenvalue weighted by molar-refractivity contribution is -0.135. The van der Waals surface area contributed by atoms with Crippen LogP contribution in [0.4, 0.5) is 0 Å². The number of nitrogens with zero attached hydrogens (tertiary/aromatic N) is 2. The molecule has 1 aromatic carbocycles. The van der Waals surface area contributed by atoms with Crippen molar-refractivity contribution in [3.05, 3.63) is 30.3 Å². The third-order valence-corrected chi connectivity index (χ3v) is 7.71. The Morgan fingerprint density at radius 3 is 2.40 bits per heavy atom. The minimum absolute atomic E-state index is 0.00592. The zero-order valence-electron chi connectivity index (χ0n) is 14.3. The van der Waals surface area contributed by atoms with E-state index in [0.717, 1.165) is 39.0 Å². The van der Waals surface area contributed by atoms with Crippen LogP contribution in [-0.4, -0.2) is 62.3 Å². The number of hydrogen-bond acceptors (Lipinski definition) is 4. The number of sulfonamides is 1. The first-order valence-electron chi connectivity index (χ1n) is 9.14. The van der Waals surface area contributed by atoms with E-state index in [1.54, 1.807) is 30.3 Å². The highest BCUT2D eigenvalue weighted by Gasteiger charge is 2.44. The van der Waals surface area contributed by atoms with Crippen molar-refractivity contribution in [1.82, 2.24) is 14.5 Å². The van der Waals surface area contributed by atoms with Gasteiger partial charge < -0.3 is 10.2 Å². The summed E-state index contributed by atoms with van der Waals surface area (Å²) in [7, 11) is -3.63. The van der Waals surface area contributed by atoms with Gasteiger partial charge in [0.05, 0.1) is 4.90 Å². The predicted octanol–water partition coefficient (Wildman–Crippen LogP) is 0.908. The number of rotatable bonds is 3.